The van der Waals surface area contributed by atoms with E-state index in [1.165, 1.54) is 24.3 Å². The number of halogens is 1. The lowest BCUT2D eigenvalue weighted by Crippen LogP contribution is -2.26. The third-order valence-corrected chi connectivity index (χ3v) is 6.97. The van der Waals surface area contributed by atoms with Crippen molar-refractivity contribution in [3.8, 4) is 45.8 Å². The third kappa shape index (κ3) is 11.1. The number of benzene rings is 2. The zero-order valence-corrected chi connectivity index (χ0v) is 27.0. The summed E-state index contributed by atoms with van der Waals surface area (Å²) in [5.74, 6) is -0.850. The van der Waals surface area contributed by atoms with Gasteiger partial charge >= 0.3 is 11.9 Å². The van der Waals surface area contributed by atoms with E-state index < -0.39 is 24.1 Å². The van der Waals surface area contributed by atoms with E-state index in [-0.39, 0.29) is 51.1 Å². The number of rotatable bonds is 18. The molecule has 0 fully saturated rings. The van der Waals surface area contributed by atoms with Crippen LogP contribution in [0.4, 0.5) is 0 Å². The molecule has 11 nitrogen and oxygen atoms in total. The number of aromatic nitrogens is 3. The average Bonchev–Trinajstić information content (AvgIpc) is 3.00. The maximum Gasteiger partial charge on any atom is 0.347 e. The number of hydrogen-bond donors (Lipinski definition) is 2. The van der Waals surface area contributed by atoms with E-state index in [4.69, 9.17) is 30.5 Å². The third-order valence-electron chi connectivity index (χ3n) is 6.80. The van der Waals surface area contributed by atoms with Crippen LogP contribution in [0.3, 0.4) is 0 Å². The van der Waals surface area contributed by atoms with Crippen LogP contribution in [0.1, 0.15) is 79.1 Å². The Hall–Kier alpha value is -4.12. The minimum absolute atomic E-state index is 0.0450. The van der Waals surface area contributed by atoms with Crippen molar-refractivity contribution in [1.29, 1.82) is 0 Å². The predicted molar refractivity (Wildman–Crippen MR) is 169 cm³/mol. The normalized spacial score (nSPS) is 12.3. The summed E-state index contributed by atoms with van der Waals surface area (Å²) in [5, 5.41) is 21.3. The number of carbonyl (C=O) groups excluding carboxylic acids is 2. The molecule has 45 heavy (non-hydrogen) atoms. The number of ether oxygens (including phenoxy) is 4. The van der Waals surface area contributed by atoms with Crippen LogP contribution in [0.15, 0.2) is 36.4 Å². The number of phenols is 2. The van der Waals surface area contributed by atoms with Crippen molar-refractivity contribution in [2.45, 2.75) is 91.3 Å². The minimum atomic E-state index is -0.876. The van der Waals surface area contributed by atoms with Gasteiger partial charge in [0.1, 0.15) is 23.0 Å². The van der Waals surface area contributed by atoms with Crippen molar-refractivity contribution >= 4 is 23.5 Å². The molecule has 3 aromatic rings. The molecule has 2 atom stereocenters. The molecule has 2 N–H and O–H groups in total. The maximum atomic E-state index is 12.3. The molecule has 0 amide bonds. The largest absolute Gasteiger partial charge is 0.507 e. The molecular formula is C33H42ClN3O8. The Labute approximate surface area is 268 Å². The SMILES string of the molecule is CCCCCCOC(=O)C(C)Oc1ccc(-c2nc(Cl)nc(-c3ccc(OC(C)C(=O)OCCCCCC)cc3O)n2)c(O)c1. The lowest BCUT2D eigenvalue weighted by Gasteiger charge is -2.15. The average molecular weight is 644 g/mol. The predicted octanol–water partition coefficient (Wildman–Crippen LogP) is 7.05. The molecule has 244 valence electrons. The molecule has 2 aromatic carbocycles. The van der Waals surface area contributed by atoms with E-state index >= 15 is 0 Å². The van der Waals surface area contributed by atoms with Gasteiger partial charge in [-0.15, -0.1) is 0 Å². The fourth-order valence-corrected chi connectivity index (χ4v) is 4.44. The Balaban J connectivity index is 1.67. The second-order valence-electron chi connectivity index (χ2n) is 10.6. The molecular weight excluding hydrogens is 602 g/mol. The van der Waals surface area contributed by atoms with Crippen molar-refractivity contribution in [1.82, 2.24) is 15.0 Å². The molecule has 2 unspecified atom stereocenters. The first-order chi connectivity index (χ1) is 21.6. The van der Waals surface area contributed by atoms with Crippen LogP contribution in [0.25, 0.3) is 22.8 Å². The van der Waals surface area contributed by atoms with Crippen LogP contribution >= 0.6 is 11.6 Å². The highest BCUT2D eigenvalue weighted by Crippen LogP contribution is 2.35. The minimum Gasteiger partial charge on any atom is -0.507 e. The molecule has 1 aromatic heterocycles. The molecule has 0 radical (unpaired) electrons. The molecule has 0 spiro atoms. The second-order valence-corrected chi connectivity index (χ2v) is 10.9. The standard InChI is InChI=1S/C33H42ClN3O8/c1-5-7-9-11-17-42-31(40)21(3)44-23-13-15-25(27(38)19-23)29-35-30(37-33(34)36-29)26-16-14-24(20-28(26)39)45-22(4)32(41)43-18-12-10-8-6-2/h13-16,19-22,38-39H,5-12,17-18H2,1-4H3. The van der Waals surface area contributed by atoms with Crippen LogP contribution in [-0.4, -0.2) is 62.5 Å². The summed E-state index contributed by atoms with van der Waals surface area (Å²) in [5.41, 5.74) is 0.445. The molecule has 0 aliphatic carbocycles. The van der Waals surface area contributed by atoms with Gasteiger partial charge in [0.15, 0.2) is 23.9 Å². The molecule has 3 rings (SSSR count). The summed E-state index contributed by atoms with van der Waals surface area (Å²) in [6.07, 6.45) is 6.18. The molecule has 0 aliphatic rings. The van der Waals surface area contributed by atoms with E-state index in [9.17, 15) is 19.8 Å². The zero-order chi connectivity index (χ0) is 32.8. The summed E-state index contributed by atoms with van der Waals surface area (Å²) in [7, 11) is 0. The number of unbranched alkanes of at least 4 members (excludes halogenated alkanes) is 6. The van der Waals surface area contributed by atoms with E-state index in [0.717, 1.165) is 51.4 Å². The lowest BCUT2D eigenvalue weighted by molar-refractivity contribution is -0.152. The van der Waals surface area contributed by atoms with Crippen molar-refractivity contribution in [3.05, 3.63) is 41.7 Å². The molecule has 0 saturated carbocycles. The quantitative estimate of drug-likeness (QED) is 0.108. The van der Waals surface area contributed by atoms with Gasteiger partial charge in [0, 0.05) is 12.1 Å². The summed E-state index contributed by atoms with van der Waals surface area (Å²) in [4.78, 5) is 37.2. The maximum absolute atomic E-state index is 12.3. The molecule has 0 saturated heterocycles. The Morgan fingerprint density at radius 3 is 1.49 bits per heavy atom. The van der Waals surface area contributed by atoms with Gasteiger partial charge in [0.05, 0.1) is 24.3 Å². The topological polar surface area (TPSA) is 150 Å². The summed E-state index contributed by atoms with van der Waals surface area (Å²) in [6, 6.07) is 8.81. The molecule has 0 bridgehead atoms. The van der Waals surface area contributed by atoms with Crippen LogP contribution in [0.2, 0.25) is 5.28 Å². The van der Waals surface area contributed by atoms with Gasteiger partial charge < -0.3 is 29.2 Å². The van der Waals surface area contributed by atoms with Crippen molar-refractivity contribution in [2.75, 3.05) is 13.2 Å². The van der Waals surface area contributed by atoms with Crippen molar-refractivity contribution in [3.63, 3.8) is 0 Å². The first-order valence-corrected chi connectivity index (χ1v) is 15.8. The smallest absolute Gasteiger partial charge is 0.347 e. The van der Waals surface area contributed by atoms with Crippen molar-refractivity contribution in [2.24, 2.45) is 0 Å². The van der Waals surface area contributed by atoms with E-state index in [2.05, 4.69) is 28.8 Å². The number of esters is 2. The Morgan fingerprint density at radius 2 is 1.11 bits per heavy atom. The Kier molecular flexibility index (Phi) is 14.1. The number of nitrogens with zero attached hydrogens (tertiary/aromatic N) is 3. The van der Waals surface area contributed by atoms with Crippen LogP contribution in [0.5, 0.6) is 23.0 Å². The van der Waals surface area contributed by atoms with Gasteiger partial charge in [-0.05, 0) is 62.6 Å². The Morgan fingerprint density at radius 1 is 0.689 bits per heavy atom. The van der Waals surface area contributed by atoms with Gasteiger partial charge in [-0.2, -0.15) is 9.97 Å². The van der Waals surface area contributed by atoms with Gasteiger partial charge in [-0.25, -0.2) is 14.6 Å². The molecule has 0 aliphatic heterocycles. The fraction of sp³-hybridized carbons (Fsp3) is 0.485. The first kappa shape index (κ1) is 35.4. The van der Waals surface area contributed by atoms with E-state index in [1.54, 1.807) is 26.0 Å². The number of phenolic OH excluding ortho intramolecular Hbond substituents is 2. The van der Waals surface area contributed by atoms with Gasteiger partial charge in [-0.3, -0.25) is 0 Å². The number of aromatic hydroxyl groups is 2. The first-order valence-electron chi connectivity index (χ1n) is 15.4. The second kappa shape index (κ2) is 18.0. The Bertz CT molecular complexity index is 1320. The number of carbonyl (C=O) groups is 2. The highest BCUT2D eigenvalue weighted by molar-refractivity contribution is 6.28. The summed E-state index contributed by atoms with van der Waals surface area (Å²) in [6.45, 7) is 8.02. The van der Waals surface area contributed by atoms with Gasteiger partial charge in [-0.1, -0.05) is 52.4 Å². The van der Waals surface area contributed by atoms with Crippen LogP contribution < -0.4 is 9.47 Å². The number of hydrogen-bond acceptors (Lipinski definition) is 11. The fourth-order valence-electron chi connectivity index (χ4n) is 4.28. The van der Waals surface area contributed by atoms with Crippen molar-refractivity contribution < 1.29 is 38.7 Å². The van der Waals surface area contributed by atoms with Crippen LogP contribution in [-0.2, 0) is 19.1 Å². The highest BCUT2D eigenvalue weighted by Gasteiger charge is 2.20. The van der Waals surface area contributed by atoms with E-state index in [1.807, 2.05) is 0 Å². The monoisotopic (exact) mass is 643 g/mol. The van der Waals surface area contributed by atoms with E-state index in [0.29, 0.717) is 13.2 Å². The van der Waals surface area contributed by atoms with Crippen LogP contribution in [0, 0.1) is 0 Å². The highest BCUT2D eigenvalue weighted by atomic mass is 35.5. The van der Waals surface area contributed by atoms with Gasteiger partial charge in [0.25, 0.3) is 0 Å². The lowest BCUT2D eigenvalue weighted by atomic mass is 10.1. The summed E-state index contributed by atoms with van der Waals surface area (Å²) >= 11 is 6.19. The molecule has 1 heterocycles. The zero-order valence-electron chi connectivity index (χ0n) is 26.3. The van der Waals surface area contributed by atoms with Gasteiger partial charge in [0.2, 0.25) is 5.28 Å². The summed E-state index contributed by atoms with van der Waals surface area (Å²) < 4.78 is 21.9. The molecule has 12 heteroatoms.